The summed E-state index contributed by atoms with van der Waals surface area (Å²) in [6.45, 7) is 4.10. The number of phenols is 3. The van der Waals surface area contributed by atoms with E-state index in [1.165, 1.54) is 45.0 Å². The summed E-state index contributed by atoms with van der Waals surface area (Å²) in [5.74, 6) is -1.82. The number of ether oxygens (including phenoxy) is 5. The molecule has 0 aliphatic carbocycles. The number of hydrogen-bond acceptors (Lipinski definition) is 13. The second-order valence-electron chi connectivity index (χ2n) is 11.4. The van der Waals surface area contributed by atoms with Gasteiger partial charge in [0, 0.05) is 50.3 Å². The average Bonchev–Trinajstić information content (AvgIpc) is 3.04. The minimum Gasteiger partial charge on any atom is -0.508 e. The van der Waals surface area contributed by atoms with Gasteiger partial charge >= 0.3 is 17.9 Å². The van der Waals surface area contributed by atoms with Crippen LogP contribution >= 0.6 is 0 Å². The summed E-state index contributed by atoms with van der Waals surface area (Å²) in [6.07, 6.45) is -1.89. The zero-order valence-electron chi connectivity index (χ0n) is 26.7. The molecule has 4 aromatic rings. The van der Waals surface area contributed by atoms with Gasteiger partial charge in [0.2, 0.25) is 5.75 Å². The lowest BCUT2D eigenvalue weighted by atomic mass is 9.87. The fourth-order valence-corrected chi connectivity index (χ4v) is 5.59. The number of fused-ring (bicyclic) bond motifs is 2. The number of carbonyl (C=O) groups excluding carboxylic acids is 3. The molecule has 2 aliphatic heterocycles. The van der Waals surface area contributed by atoms with Crippen LogP contribution in [0.15, 0.2) is 72.8 Å². The zero-order valence-corrected chi connectivity index (χ0v) is 26.7. The van der Waals surface area contributed by atoms with Crippen LogP contribution in [0.3, 0.4) is 0 Å². The SMILES string of the molecule is CC(=O)Oc1ccc(C2COc3cc(OC(C)=O)cc(OC(C)=O)c3C2O)cc1.Oc1ccc(C2COc3c(ccc(O)c3O)C2O)cc1. The third-order valence-electron chi connectivity index (χ3n) is 7.83. The predicted molar refractivity (Wildman–Crippen MR) is 171 cm³/mol. The van der Waals surface area contributed by atoms with Crippen LogP contribution in [0.1, 0.15) is 67.1 Å². The van der Waals surface area contributed by atoms with Crippen molar-refractivity contribution in [2.45, 2.75) is 44.8 Å². The van der Waals surface area contributed by atoms with Crippen LogP contribution in [-0.2, 0) is 14.4 Å². The van der Waals surface area contributed by atoms with Crippen LogP contribution in [0.25, 0.3) is 0 Å². The van der Waals surface area contributed by atoms with Crippen molar-refractivity contribution in [3.05, 3.63) is 95.1 Å². The normalized spacial score (nSPS) is 19.0. The Bertz CT molecular complexity index is 1850. The van der Waals surface area contributed by atoms with E-state index in [1.54, 1.807) is 48.5 Å². The molecular formula is C36H34O13. The van der Waals surface area contributed by atoms with E-state index in [4.69, 9.17) is 23.7 Å². The fraction of sp³-hybridized carbons (Fsp3) is 0.250. The highest BCUT2D eigenvalue weighted by Crippen LogP contribution is 2.49. The number of phenolic OH excluding ortho intramolecular Hbond substituents is 3. The molecule has 2 aliphatic rings. The maximum atomic E-state index is 11.5. The Kier molecular flexibility index (Phi) is 10.3. The van der Waals surface area contributed by atoms with Gasteiger partial charge < -0.3 is 49.2 Å². The topological polar surface area (TPSA) is 199 Å². The lowest BCUT2D eigenvalue weighted by Crippen LogP contribution is -2.25. The molecule has 0 amide bonds. The van der Waals surface area contributed by atoms with E-state index >= 15 is 0 Å². The first-order valence-corrected chi connectivity index (χ1v) is 15.1. The van der Waals surface area contributed by atoms with Crippen LogP contribution in [0.2, 0.25) is 0 Å². The van der Waals surface area contributed by atoms with E-state index in [1.807, 2.05) is 0 Å². The molecule has 0 aromatic heterocycles. The van der Waals surface area contributed by atoms with E-state index in [-0.39, 0.29) is 64.9 Å². The molecule has 0 radical (unpaired) electrons. The van der Waals surface area contributed by atoms with Crippen molar-refractivity contribution in [1.82, 2.24) is 0 Å². The first-order valence-electron chi connectivity index (χ1n) is 15.1. The summed E-state index contributed by atoms with van der Waals surface area (Å²) in [5, 5.41) is 49.9. The number of aromatic hydroxyl groups is 3. The molecule has 0 saturated carbocycles. The maximum Gasteiger partial charge on any atom is 0.308 e. The van der Waals surface area contributed by atoms with Crippen molar-refractivity contribution in [1.29, 1.82) is 0 Å². The third-order valence-corrected chi connectivity index (χ3v) is 7.83. The van der Waals surface area contributed by atoms with Crippen molar-refractivity contribution in [3.63, 3.8) is 0 Å². The van der Waals surface area contributed by atoms with E-state index in [2.05, 4.69) is 0 Å². The van der Waals surface area contributed by atoms with Crippen LogP contribution in [0.4, 0.5) is 0 Å². The van der Waals surface area contributed by atoms with Crippen molar-refractivity contribution >= 4 is 17.9 Å². The van der Waals surface area contributed by atoms with Gasteiger partial charge in [0.05, 0.1) is 31.0 Å². The second kappa shape index (κ2) is 14.5. The quantitative estimate of drug-likeness (QED) is 0.111. The summed E-state index contributed by atoms with van der Waals surface area (Å²) in [7, 11) is 0. The first-order chi connectivity index (χ1) is 23.3. The number of rotatable bonds is 5. The van der Waals surface area contributed by atoms with E-state index in [0.717, 1.165) is 11.1 Å². The number of hydrogen-bond donors (Lipinski definition) is 5. The summed E-state index contributed by atoms with van der Waals surface area (Å²) in [6, 6.07) is 18.9. The number of carbonyl (C=O) groups is 3. The molecule has 13 heteroatoms. The van der Waals surface area contributed by atoms with Crippen LogP contribution in [-0.4, -0.2) is 56.7 Å². The van der Waals surface area contributed by atoms with E-state index in [9.17, 15) is 39.9 Å². The van der Waals surface area contributed by atoms with Crippen molar-refractivity contribution in [2.24, 2.45) is 0 Å². The molecule has 49 heavy (non-hydrogen) atoms. The van der Waals surface area contributed by atoms with Gasteiger partial charge in [-0.1, -0.05) is 24.3 Å². The van der Waals surface area contributed by atoms with Crippen molar-refractivity contribution < 1.29 is 63.6 Å². The van der Waals surface area contributed by atoms with Crippen LogP contribution < -0.4 is 23.7 Å². The molecule has 4 unspecified atom stereocenters. The Hall–Kier alpha value is -5.79. The Morgan fingerprint density at radius 2 is 1.20 bits per heavy atom. The predicted octanol–water partition coefficient (Wildman–Crippen LogP) is 4.69. The molecule has 13 nitrogen and oxygen atoms in total. The monoisotopic (exact) mass is 674 g/mol. The van der Waals surface area contributed by atoms with Gasteiger partial charge in [-0.25, -0.2) is 0 Å². The number of aliphatic hydroxyl groups excluding tert-OH is 2. The highest BCUT2D eigenvalue weighted by atomic mass is 16.6. The van der Waals surface area contributed by atoms with Gasteiger partial charge in [-0.15, -0.1) is 0 Å². The largest absolute Gasteiger partial charge is 0.508 e. The van der Waals surface area contributed by atoms with E-state index in [0.29, 0.717) is 11.3 Å². The van der Waals surface area contributed by atoms with Crippen LogP contribution in [0.5, 0.6) is 46.0 Å². The van der Waals surface area contributed by atoms with Gasteiger partial charge in [0.25, 0.3) is 0 Å². The Morgan fingerprint density at radius 1 is 0.653 bits per heavy atom. The Balaban J connectivity index is 0.000000204. The van der Waals surface area contributed by atoms with Gasteiger partial charge in [-0.3, -0.25) is 14.4 Å². The number of aliphatic hydroxyl groups is 2. The summed E-state index contributed by atoms with van der Waals surface area (Å²) >= 11 is 0. The average molecular weight is 675 g/mol. The molecule has 256 valence electrons. The molecular weight excluding hydrogens is 640 g/mol. The van der Waals surface area contributed by atoms with Gasteiger partial charge in [-0.05, 0) is 47.5 Å². The highest BCUT2D eigenvalue weighted by molar-refractivity contribution is 5.73. The Labute approximate surface area is 280 Å². The smallest absolute Gasteiger partial charge is 0.308 e. The molecule has 0 spiro atoms. The summed E-state index contributed by atoms with van der Waals surface area (Å²) < 4.78 is 26.5. The third kappa shape index (κ3) is 7.86. The fourth-order valence-electron chi connectivity index (χ4n) is 5.59. The minimum atomic E-state index is -1.04. The molecule has 0 saturated heterocycles. The summed E-state index contributed by atoms with van der Waals surface area (Å²) in [4.78, 5) is 33.8. The zero-order chi connectivity index (χ0) is 35.4. The number of benzene rings is 4. The van der Waals surface area contributed by atoms with Crippen molar-refractivity contribution in [3.8, 4) is 46.0 Å². The van der Waals surface area contributed by atoms with Gasteiger partial charge in [0.15, 0.2) is 11.5 Å². The molecule has 0 fully saturated rings. The Morgan fingerprint density at radius 3 is 1.82 bits per heavy atom. The van der Waals surface area contributed by atoms with Crippen LogP contribution in [0, 0.1) is 0 Å². The first kappa shape index (κ1) is 34.5. The van der Waals surface area contributed by atoms with E-state index < -0.39 is 36.0 Å². The second-order valence-corrected chi connectivity index (χ2v) is 11.4. The lowest BCUT2D eigenvalue weighted by Gasteiger charge is -2.32. The maximum absolute atomic E-state index is 11.5. The van der Waals surface area contributed by atoms with Gasteiger partial charge in [0.1, 0.15) is 28.7 Å². The molecule has 4 aromatic carbocycles. The molecule has 2 heterocycles. The molecule has 5 N–H and O–H groups in total. The summed E-state index contributed by atoms with van der Waals surface area (Å²) in [5.41, 5.74) is 2.30. The van der Waals surface area contributed by atoms with Crippen molar-refractivity contribution in [2.75, 3.05) is 13.2 Å². The molecule has 6 rings (SSSR count). The highest BCUT2D eigenvalue weighted by Gasteiger charge is 2.35. The molecule has 0 bridgehead atoms. The number of esters is 3. The lowest BCUT2D eigenvalue weighted by molar-refractivity contribution is -0.133. The van der Waals surface area contributed by atoms with Gasteiger partial charge in [-0.2, -0.15) is 0 Å². The molecule has 4 atom stereocenters. The minimum absolute atomic E-state index is 0.0555. The standard InChI is InChI=1S/C21H20O8.C15H14O5/c1-11(22)27-15-6-4-14(5-7-15)17-10-26-18-8-16(28-12(2)23)9-19(29-13(3)24)20(18)21(17)25;16-9-3-1-8(2-4-9)11-7-20-15-10(13(11)18)5-6-12(17)14(15)19/h4-9,17,21,25H,10H2,1-3H3;1-6,11,13,16-19H,7H2.